The van der Waals surface area contributed by atoms with Gasteiger partial charge >= 0.3 is 12.1 Å². The minimum Gasteiger partial charge on any atom is -0.383 e. The van der Waals surface area contributed by atoms with E-state index in [1.165, 1.54) is 17.4 Å². The fourth-order valence-electron chi connectivity index (χ4n) is 5.06. The third-order valence-electron chi connectivity index (χ3n) is 7.08. The third kappa shape index (κ3) is 3.92. The van der Waals surface area contributed by atoms with Crippen LogP contribution in [0.5, 0.6) is 0 Å². The number of halogens is 5. The number of fused-ring (bicyclic) bond motifs is 2. The number of hydrazine groups is 1. The van der Waals surface area contributed by atoms with E-state index in [1.807, 2.05) is 0 Å². The highest BCUT2D eigenvalue weighted by atomic mass is 19.4. The van der Waals surface area contributed by atoms with E-state index in [0.717, 1.165) is 12.8 Å². The number of carbonyl (C=O) groups excluding carboxylic acids is 1. The number of alkyl halides is 5. The van der Waals surface area contributed by atoms with E-state index >= 15 is 0 Å². The predicted octanol–water partition coefficient (Wildman–Crippen LogP) is 2.71. The monoisotopic (exact) mass is 548 g/mol. The highest BCUT2D eigenvalue weighted by Crippen LogP contribution is 2.57. The van der Waals surface area contributed by atoms with Gasteiger partial charge in [0.05, 0.1) is 35.1 Å². The molecular weight excluding hydrogens is 527 g/mol. The lowest BCUT2D eigenvalue weighted by Gasteiger charge is -2.27. The largest absolute Gasteiger partial charge is 0.453 e. The van der Waals surface area contributed by atoms with Crippen molar-refractivity contribution in [1.82, 2.24) is 30.4 Å². The maximum atomic E-state index is 13.6. The Morgan fingerprint density at radius 2 is 1.92 bits per heavy atom. The molecule has 1 aliphatic carbocycles. The molecule has 0 radical (unpaired) electrons. The predicted molar refractivity (Wildman–Crippen MR) is 128 cm³/mol. The SMILES string of the molecule is Cc1cnc(C2(C3CC3)C(=O)Nc3nc(C4=CN5NCN=C5C(CCC(F)(F)C(F)(F)F)=N4)nc(N)c32)cn1. The maximum absolute atomic E-state index is 13.6. The third-order valence-corrected chi connectivity index (χ3v) is 7.08. The molecule has 5 heterocycles. The second-order valence-corrected chi connectivity index (χ2v) is 9.68. The summed E-state index contributed by atoms with van der Waals surface area (Å²) in [5, 5.41) is 4.12. The van der Waals surface area contributed by atoms with Crippen molar-refractivity contribution in [3.63, 3.8) is 0 Å². The Morgan fingerprint density at radius 3 is 2.59 bits per heavy atom. The maximum Gasteiger partial charge on any atom is 0.453 e. The lowest BCUT2D eigenvalue weighted by Crippen LogP contribution is -2.41. The van der Waals surface area contributed by atoms with E-state index in [0.29, 0.717) is 17.0 Å². The van der Waals surface area contributed by atoms with Crippen LogP contribution in [0.15, 0.2) is 28.6 Å². The average molecular weight is 548 g/mol. The van der Waals surface area contributed by atoms with Crippen molar-refractivity contribution in [1.29, 1.82) is 0 Å². The molecule has 4 aliphatic rings. The van der Waals surface area contributed by atoms with E-state index in [1.54, 1.807) is 13.1 Å². The second kappa shape index (κ2) is 8.46. The van der Waals surface area contributed by atoms with Crippen LogP contribution in [0.4, 0.5) is 33.6 Å². The Bertz CT molecular complexity index is 1460. The van der Waals surface area contributed by atoms with Crippen molar-refractivity contribution in [3.8, 4) is 0 Å². The topological polar surface area (TPSA) is 147 Å². The van der Waals surface area contributed by atoms with Gasteiger partial charge in [-0.1, -0.05) is 0 Å². The Labute approximate surface area is 217 Å². The molecule has 0 saturated heterocycles. The van der Waals surface area contributed by atoms with Gasteiger partial charge in [-0.05, 0) is 32.1 Å². The summed E-state index contributed by atoms with van der Waals surface area (Å²) in [7, 11) is 0. The molecule has 6 rings (SSSR count). The number of amidine groups is 1. The summed E-state index contributed by atoms with van der Waals surface area (Å²) >= 11 is 0. The van der Waals surface area contributed by atoms with E-state index < -0.39 is 30.4 Å². The van der Waals surface area contributed by atoms with Crippen LogP contribution < -0.4 is 16.5 Å². The van der Waals surface area contributed by atoms with E-state index in [9.17, 15) is 26.7 Å². The summed E-state index contributed by atoms with van der Waals surface area (Å²) in [6.45, 7) is 1.84. The van der Waals surface area contributed by atoms with Crippen LogP contribution in [0.1, 0.15) is 48.5 Å². The van der Waals surface area contributed by atoms with Crippen LogP contribution in [0.2, 0.25) is 0 Å². The smallest absolute Gasteiger partial charge is 0.383 e. The number of carbonyl (C=O) groups is 1. The number of hydrogen-bond donors (Lipinski definition) is 3. The van der Waals surface area contributed by atoms with Gasteiger partial charge < -0.3 is 11.1 Å². The number of aromatic nitrogens is 4. The summed E-state index contributed by atoms with van der Waals surface area (Å²) in [6.07, 6.45) is -1.89. The van der Waals surface area contributed by atoms with Gasteiger partial charge in [-0.15, -0.1) is 0 Å². The number of nitrogens with two attached hydrogens (primary N) is 1. The van der Waals surface area contributed by atoms with E-state index in [4.69, 9.17) is 5.73 Å². The first-order valence-corrected chi connectivity index (χ1v) is 12.0. The number of rotatable bonds is 6. The number of nitrogens with one attached hydrogen (secondary N) is 2. The lowest BCUT2D eigenvalue weighted by atomic mass is 9.74. The van der Waals surface area contributed by atoms with Crippen molar-refractivity contribution in [2.75, 3.05) is 17.7 Å². The molecule has 0 aromatic carbocycles. The van der Waals surface area contributed by atoms with Crippen molar-refractivity contribution in [3.05, 3.63) is 41.4 Å². The van der Waals surface area contributed by atoms with Crippen LogP contribution in [0, 0.1) is 12.8 Å². The Balaban J connectivity index is 1.39. The zero-order valence-electron chi connectivity index (χ0n) is 20.4. The molecule has 0 bridgehead atoms. The van der Waals surface area contributed by atoms with Crippen LogP contribution in [-0.4, -0.2) is 61.2 Å². The van der Waals surface area contributed by atoms with Gasteiger partial charge in [-0.25, -0.2) is 25.4 Å². The van der Waals surface area contributed by atoms with Gasteiger partial charge in [0.1, 0.15) is 29.4 Å². The quantitative estimate of drug-likeness (QED) is 0.467. The standard InChI is InChI=1S/C23H21F5N10O/c1-10-6-31-14(7-30-10)22(11-2-3-11)15-16(29)35-17(36-18(15)37-20(22)39)13-8-38-19(32-9-33-38)12(34-13)4-5-21(24,25)23(26,27)28/h6-8,11,33H,2-5,9H2,1H3,(H3,29,35,36,37,39). The number of aliphatic imine (C=N–C) groups is 2. The van der Waals surface area contributed by atoms with Gasteiger partial charge in [0, 0.05) is 12.6 Å². The van der Waals surface area contributed by atoms with Gasteiger partial charge in [0.25, 0.3) is 0 Å². The molecule has 4 N–H and O–H groups in total. The zero-order chi connectivity index (χ0) is 27.7. The number of nitrogens with zero attached hydrogens (tertiary/aromatic N) is 7. The van der Waals surface area contributed by atoms with Gasteiger partial charge in [0.2, 0.25) is 5.91 Å². The molecule has 3 aliphatic heterocycles. The fraction of sp³-hybridized carbons (Fsp3) is 0.435. The number of anilines is 2. The van der Waals surface area contributed by atoms with Crippen LogP contribution in [0.3, 0.4) is 0 Å². The molecule has 1 fully saturated rings. The molecule has 2 aromatic heterocycles. The molecule has 2 aromatic rings. The van der Waals surface area contributed by atoms with Gasteiger partial charge in [0.15, 0.2) is 11.7 Å². The van der Waals surface area contributed by atoms with Crippen molar-refractivity contribution in [2.45, 2.75) is 50.1 Å². The van der Waals surface area contributed by atoms with Gasteiger partial charge in [-0.3, -0.25) is 19.8 Å². The van der Waals surface area contributed by atoms with Gasteiger partial charge in [-0.2, -0.15) is 22.0 Å². The number of hydrogen-bond acceptors (Lipinski definition) is 10. The summed E-state index contributed by atoms with van der Waals surface area (Å²) in [5.74, 6) is -5.18. The van der Waals surface area contributed by atoms with Crippen LogP contribution in [0.25, 0.3) is 5.70 Å². The molecule has 1 unspecified atom stereocenters. The first kappa shape index (κ1) is 25.2. The lowest BCUT2D eigenvalue weighted by molar-refractivity contribution is -0.283. The molecule has 1 saturated carbocycles. The zero-order valence-corrected chi connectivity index (χ0v) is 20.4. The average Bonchev–Trinajstić information content (AvgIpc) is 3.52. The Morgan fingerprint density at radius 1 is 1.15 bits per heavy atom. The highest BCUT2D eigenvalue weighted by Gasteiger charge is 2.61. The summed E-state index contributed by atoms with van der Waals surface area (Å²) in [4.78, 5) is 39.4. The summed E-state index contributed by atoms with van der Waals surface area (Å²) in [6, 6.07) is 0. The summed E-state index contributed by atoms with van der Waals surface area (Å²) in [5.41, 5.74) is 9.42. The van der Waals surface area contributed by atoms with E-state index in [-0.39, 0.29) is 53.2 Å². The molecule has 39 heavy (non-hydrogen) atoms. The normalized spacial score (nSPS) is 22.7. The van der Waals surface area contributed by atoms with Crippen LogP contribution in [-0.2, 0) is 10.2 Å². The molecule has 16 heteroatoms. The second-order valence-electron chi connectivity index (χ2n) is 9.68. The number of aryl methyl sites for hydroxylation is 1. The molecule has 1 amide bonds. The Kier molecular flexibility index (Phi) is 5.47. The molecule has 1 atom stereocenters. The van der Waals surface area contributed by atoms with Crippen molar-refractivity contribution in [2.24, 2.45) is 15.9 Å². The molecule has 11 nitrogen and oxygen atoms in total. The highest BCUT2D eigenvalue weighted by molar-refractivity contribution is 6.43. The number of nitrogen functional groups attached to an aromatic ring is 1. The summed E-state index contributed by atoms with van der Waals surface area (Å²) < 4.78 is 65.5. The first-order chi connectivity index (χ1) is 18.4. The van der Waals surface area contributed by atoms with E-state index in [2.05, 4.69) is 40.7 Å². The van der Waals surface area contributed by atoms with Crippen molar-refractivity contribution < 1.29 is 26.7 Å². The minimum absolute atomic E-state index is 0.0160. The van der Waals surface area contributed by atoms with Crippen LogP contribution >= 0.6 is 0 Å². The minimum atomic E-state index is -5.69. The number of amides is 1. The Hall–Kier alpha value is -4.08. The fourth-order valence-corrected chi connectivity index (χ4v) is 5.06. The first-order valence-electron chi connectivity index (χ1n) is 12.0. The van der Waals surface area contributed by atoms with Crippen molar-refractivity contribution >= 4 is 34.8 Å². The molecule has 0 spiro atoms. The molecule has 204 valence electrons. The molecular formula is C23H21F5N10O.